The number of nitrogens with zero attached hydrogens (tertiary/aromatic N) is 1. The normalized spacial score (nSPS) is 10.7. The molecule has 2 nitrogen and oxygen atoms in total. The van der Waals surface area contributed by atoms with Crippen LogP contribution in [0.5, 0.6) is 0 Å². The molecule has 102 valence electrons. The SMILES string of the molecule is CN(C)c1ccc(CNCc2cc(Br)c(Br)s2)cc1. The molecule has 0 fully saturated rings. The fourth-order valence-electron chi connectivity index (χ4n) is 1.72. The number of hydrogen-bond donors (Lipinski definition) is 1. The predicted molar refractivity (Wildman–Crippen MR) is 91.0 cm³/mol. The summed E-state index contributed by atoms with van der Waals surface area (Å²) < 4.78 is 2.28. The van der Waals surface area contributed by atoms with E-state index in [0.717, 1.165) is 21.3 Å². The molecule has 1 aromatic carbocycles. The first-order valence-electron chi connectivity index (χ1n) is 5.97. The molecule has 1 N–H and O–H groups in total. The molecule has 0 aliphatic rings. The van der Waals surface area contributed by atoms with E-state index in [4.69, 9.17) is 0 Å². The van der Waals surface area contributed by atoms with Crippen LogP contribution in [-0.2, 0) is 13.1 Å². The molecule has 0 radical (unpaired) electrons. The number of halogens is 2. The van der Waals surface area contributed by atoms with Gasteiger partial charge in [0.2, 0.25) is 0 Å². The highest BCUT2D eigenvalue weighted by Gasteiger charge is 2.03. The van der Waals surface area contributed by atoms with E-state index in [1.807, 2.05) is 0 Å². The van der Waals surface area contributed by atoms with Crippen LogP contribution in [0.15, 0.2) is 38.6 Å². The van der Waals surface area contributed by atoms with Crippen LogP contribution in [0.4, 0.5) is 5.69 Å². The van der Waals surface area contributed by atoms with Crippen LogP contribution < -0.4 is 10.2 Å². The van der Waals surface area contributed by atoms with E-state index >= 15 is 0 Å². The Labute approximate surface area is 135 Å². The van der Waals surface area contributed by atoms with Gasteiger partial charge in [0.25, 0.3) is 0 Å². The van der Waals surface area contributed by atoms with Gasteiger partial charge in [-0.1, -0.05) is 12.1 Å². The van der Waals surface area contributed by atoms with Crippen LogP contribution >= 0.6 is 43.2 Å². The van der Waals surface area contributed by atoms with E-state index in [-0.39, 0.29) is 0 Å². The minimum Gasteiger partial charge on any atom is -0.378 e. The Morgan fingerprint density at radius 1 is 1.11 bits per heavy atom. The van der Waals surface area contributed by atoms with Crippen molar-refractivity contribution >= 4 is 48.9 Å². The number of hydrogen-bond acceptors (Lipinski definition) is 3. The van der Waals surface area contributed by atoms with Crippen LogP contribution in [0, 0.1) is 0 Å². The van der Waals surface area contributed by atoms with Crippen molar-refractivity contribution in [2.24, 2.45) is 0 Å². The van der Waals surface area contributed by atoms with Crippen LogP contribution in [0.2, 0.25) is 0 Å². The maximum atomic E-state index is 3.51. The molecular formula is C14H16Br2N2S. The summed E-state index contributed by atoms with van der Waals surface area (Å²) in [6.45, 7) is 1.78. The maximum absolute atomic E-state index is 3.51. The van der Waals surface area contributed by atoms with Crippen LogP contribution in [0.1, 0.15) is 10.4 Å². The number of thiophene rings is 1. The Balaban J connectivity index is 1.85. The highest BCUT2D eigenvalue weighted by molar-refractivity contribution is 9.13. The quantitative estimate of drug-likeness (QED) is 0.782. The van der Waals surface area contributed by atoms with Crippen molar-refractivity contribution in [3.63, 3.8) is 0 Å². The Morgan fingerprint density at radius 3 is 2.32 bits per heavy atom. The summed E-state index contributed by atoms with van der Waals surface area (Å²) in [5.41, 5.74) is 2.54. The zero-order chi connectivity index (χ0) is 13.8. The standard InChI is InChI=1S/C14H16Br2N2S/c1-18(2)11-5-3-10(4-6-11)8-17-9-12-7-13(15)14(16)19-12/h3-7,17H,8-9H2,1-2H3. The molecule has 19 heavy (non-hydrogen) atoms. The minimum atomic E-state index is 0.890. The van der Waals surface area contributed by atoms with Gasteiger partial charge in [0.05, 0.1) is 3.79 Å². The van der Waals surface area contributed by atoms with Crippen molar-refractivity contribution in [3.8, 4) is 0 Å². The third-order valence-corrected chi connectivity index (χ3v) is 6.03. The molecule has 2 rings (SSSR count). The molecule has 0 unspecified atom stereocenters. The largest absolute Gasteiger partial charge is 0.378 e. The van der Waals surface area contributed by atoms with Gasteiger partial charge in [-0.3, -0.25) is 0 Å². The number of rotatable bonds is 5. The highest BCUT2D eigenvalue weighted by atomic mass is 79.9. The van der Waals surface area contributed by atoms with Crippen molar-refractivity contribution < 1.29 is 0 Å². The Hall–Kier alpha value is -0.360. The lowest BCUT2D eigenvalue weighted by Gasteiger charge is -2.12. The van der Waals surface area contributed by atoms with Gasteiger partial charge in [-0.15, -0.1) is 11.3 Å². The van der Waals surface area contributed by atoms with Gasteiger partial charge in [0, 0.05) is 42.2 Å². The van der Waals surface area contributed by atoms with E-state index in [1.54, 1.807) is 11.3 Å². The zero-order valence-corrected chi connectivity index (χ0v) is 14.9. The van der Waals surface area contributed by atoms with E-state index in [0.29, 0.717) is 0 Å². The highest BCUT2D eigenvalue weighted by Crippen LogP contribution is 2.32. The average molecular weight is 404 g/mol. The summed E-state index contributed by atoms with van der Waals surface area (Å²) in [5, 5.41) is 3.46. The molecule has 0 bridgehead atoms. The summed E-state index contributed by atoms with van der Waals surface area (Å²) in [5.74, 6) is 0. The van der Waals surface area contributed by atoms with Gasteiger partial charge in [-0.2, -0.15) is 0 Å². The first-order chi connectivity index (χ1) is 9.06. The van der Waals surface area contributed by atoms with Gasteiger partial charge in [-0.05, 0) is 55.6 Å². The molecule has 5 heteroatoms. The molecule has 0 atom stereocenters. The number of benzene rings is 1. The summed E-state index contributed by atoms with van der Waals surface area (Å²) >= 11 is 8.78. The lowest BCUT2D eigenvalue weighted by Crippen LogP contribution is -2.12. The second-order valence-electron chi connectivity index (χ2n) is 4.50. The Bertz CT molecular complexity index is 515. The molecule has 0 saturated heterocycles. The molecular weight excluding hydrogens is 388 g/mol. The lowest BCUT2D eigenvalue weighted by atomic mass is 10.2. The zero-order valence-electron chi connectivity index (χ0n) is 10.9. The second-order valence-corrected chi connectivity index (χ2v) is 7.81. The molecule has 1 aromatic heterocycles. The number of anilines is 1. The van der Waals surface area contributed by atoms with Crippen molar-refractivity contribution in [3.05, 3.63) is 49.0 Å². The van der Waals surface area contributed by atoms with Crippen LogP contribution in [0.3, 0.4) is 0 Å². The molecule has 2 aromatic rings. The Kier molecular flexibility index (Phi) is 5.45. The minimum absolute atomic E-state index is 0.890. The van der Waals surface area contributed by atoms with Crippen LogP contribution in [-0.4, -0.2) is 14.1 Å². The molecule has 0 saturated carbocycles. The van der Waals surface area contributed by atoms with E-state index in [9.17, 15) is 0 Å². The summed E-state index contributed by atoms with van der Waals surface area (Å²) in [7, 11) is 4.11. The summed E-state index contributed by atoms with van der Waals surface area (Å²) in [4.78, 5) is 3.43. The molecule has 0 aliphatic heterocycles. The molecule has 0 aliphatic carbocycles. The topological polar surface area (TPSA) is 15.3 Å². The third kappa shape index (κ3) is 4.31. The van der Waals surface area contributed by atoms with E-state index in [2.05, 4.69) is 86.5 Å². The van der Waals surface area contributed by atoms with Crippen molar-refractivity contribution in [1.29, 1.82) is 0 Å². The van der Waals surface area contributed by atoms with Gasteiger partial charge < -0.3 is 10.2 Å². The Morgan fingerprint density at radius 2 is 1.79 bits per heavy atom. The smallest absolute Gasteiger partial charge is 0.0843 e. The van der Waals surface area contributed by atoms with Gasteiger partial charge in [0.15, 0.2) is 0 Å². The number of nitrogens with one attached hydrogen (secondary N) is 1. The second kappa shape index (κ2) is 6.88. The fourth-order valence-corrected chi connectivity index (χ4v) is 3.87. The summed E-state index contributed by atoms with van der Waals surface area (Å²) in [6, 6.07) is 10.8. The first-order valence-corrected chi connectivity index (χ1v) is 8.37. The molecule has 0 amide bonds. The van der Waals surface area contributed by atoms with Gasteiger partial charge in [0.1, 0.15) is 0 Å². The molecule has 1 heterocycles. The monoisotopic (exact) mass is 402 g/mol. The van der Waals surface area contributed by atoms with E-state index in [1.165, 1.54) is 16.1 Å². The summed E-state index contributed by atoms with van der Waals surface area (Å²) in [6.07, 6.45) is 0. The average Bonchev–Trinajstić information content (AvgIpc) is 2.69. The van der Waals surface area contributed by atoms with Gasteiger partial charge in [-0.25, -0.2) is 0 Å². The first kappa shape index (κ1) is 15.0. The van der Waals surface area contributed by atoms with Gasteiger partial charge >= 0.3 is 0 Å². The maximum Gasteiger partial charge on any atom is 0.0843 e. The molecule has 0 spiro atoms. The van der Waals surface area contributed by atoms with Crippen molar-refractivity contribution in [1.82, 2.24) is 5.32 Å². The third-order valence-electron chi connectivity index (χ3n) is 2.78. The fraction of sp³-hybridized carbons (Fsp3) is 0.286. The predicted octanol–water partition coefficient (Wildman–Crippen LogP) is 4.63. The lowest BCUT2D eigenvalue weighted by molar-refractivity contribution is 0.701. The van der Waals surface area contributed by atoms with E-state index < -0.39 is 0 Å². The van der Waals surface area contributed by atoms with Crippen LogP contribution in [0.25, 0.3) is 0 Å². The van der Waals surface area contributed by atoms with Crippen molar-refractivity contribution in [2.45, 2.75) is 13.1 Å². The van der Waals surface area contributed by atoms with Crippen molar-refractivity contribution in [2.75, 3.05) is 19.0 Å².